The first-order valence-electron chi connectivity index (χ1n) is 12.0. The summed E-state index contributed by atoms with van der Waals surface area (Å²) in [5, 5.41) is 3.02. The first-order chi connectivity index (χ1) is 15.0. The number of nitrogens with one attached hydrogen (secondary N) is 1. The first-order valence-corrected chi connectivity index (χ1v) is 14.8. The van der Waals surface area contributed by atoms with Crippen LogP contribution in [0.25, 0.3) is 0 Å². The fourth-order valence-electron chi connectivity index (χ4n) is 7.08. The third kappa shape index (κ3) is 3.96. The number of rotatable bonds is 8. The van der Waals surface area contributed by atoms with Crippen molar-refractivity contribution in [3.05, 3.63) is 60.7 Å². The maximum absolute atomic E-state index is 13.1. The van der Waals surface area contributed by atoms with Crippen molar-refractivity contribution >= 4 is 29.5 Å². The van der Waals surface area contributed by atoms with Gasteiger partial charge in [-0.2, -0.15) is 0 Å². The average molecular weight is 454 g/mol. The molecular weight excluding hydrogens is 417 g/mol. The van der Waals surface area contributed by atoms with E-state index in [0.717, 1.165) is 29.8 Å². The van der Waals surface area contributed by atoms with Crippen LogP contribution >= 0.6 is 7.92 Å². The zero-order valence-electron chi connectivity index (χ0n) is 19.0. The van der Waals surface area contributed by atoms with Crippen LogP contribution in [0.2, 0.25) is 0 Å². The molecule has 0 spiro atoms. The second-order valence-electron chi connectivity index (χ2n) is 10.6. The van der Waals surface area contributed by atoms with Crippen molar-refractivity contribution in [1.82, 2.24) is 4.72 Å². The topological polar surface area (TPSA) is 29.1 Å². The summed E-state index contributed by atoms with van der Waals surface area (Å²) in [6, 6.07) is 22.4. The minimum atomic E-state index is -0.987. The number of hydrogen-bond donors (Lipinski definition) is 1. The van der Waals surface area contributed by atoms with Gasteiger partial charge in [-0.05, 0) is 93.3 Å². The van der Waals surface area contributed by atoms with Crippen LogP contribution in [-0.2, 0) is 11.0 Å². The summed E-state index contributed by atoms with van der Waals surface area (Å²) in [6.07, 6.45) is 6.60. The molecule has 0 heterocycles. The van der Waals surface area contributed by atoms with Crippen molar-refractivity contribution in [3.8, 4) is 0 Å². The molecule has 2 nitrogen and oxygen atoms in total. The first kappa shape index (κ1) is 21.8. The van der Waals surface area contributed by atoms with Crippen LogP contribution in [-0.4, -0.2) is 21.7 Å². The minimum Gasteiger partial charge on any atom is -0.243 e. The molecule has 5 unspecified atom stereocenters. The summed E-state index contributed by atoms with van der Waals surface area (Å²) in [7, 11) is -1.48. The van der Waals surface area contributed by atoms with E-state index < -0.39 is 18.9 Å². The van der Waals surface area contributed by atoms with Gasteiger partial charge < -0.3 is 0 Å². The highest BCUT2D eigenvalue weighted by atomic mass is 32.2. The molecule has 0 bridgehead atoms. The van der Waals surface area contributed by atoms with Gasteiger partial charge in [-0.15, -0.1) is 0 Å². The van der Waals surface area contributed by atoms with E-state index >= 15 is 0 Å². The summed E-state index contributed by atoms with van der Waals surface area (Å²) in [6.45, 7) is 6.61. The molecule has 1 N–H and O–H groups in total. The predicted octanol–water partition coefficient (Wildman–Crippen LogP) is 5.22. The van der Waals surface area contributed by atoms with Crippen LogP contribution in [0, 0.1) is 29.1 Å². The summed E-state index contributed by atoms with van der Waals surface area (Å²) in [5.41, 5.74) is 0.347. The summed E-state index contributed by atoms with van der Waals surface area (Å²) in [5.74, 6) is 3.51. The lowest BCUT2D eigenvalue weighted by molar-refractivity contribution is -0.216. The zero-order valence-corrected chi connectivity index (χ0v) is 20.7. The molecule has 166 valence electrons. The van der Waals surface area contributed by atoms with Crippen molar-refractivity contribution in [3.63, 3.8) is 0 Å². The predicted molar refractivity (Wildman–Crippen MR) is 135 cm³/mol. The fourth-order valence-corrected chi connectivity index (χ4v) is 10.7. The van der Waals surface area contributed by atoms with Gasteiger partial charge in [0.1, 0.15) is 0 Å². The van der Waals surface area contributed by atoms with Crippen molar-refractivity contribution in [2.75, 3.05) is 6.16 Å². The lowest BCUT2D eigenvalue weighted by atomic mass is 9.34. The minimum absolute atomic E-state index is 0.146. The normalized spacial score (nSPS) is 33.3. The van der Waals surface area contributed by atoms with Crippen LogP contribution in [0.4, 0.5) is 0 Å². The van der Waals surface area contributed by atoms with Gasteiger partial charge in [0.05, 0.1) is 11.0 Å². The zero-order chi connectivity index (χ0) is 21.6. The third-order valence-electron chi connectivity index (χ3n) is 8.24. The van der Waals surface area contributed by atoms with Crippen molar-refractivity contribution < 1.29 is 4.21 Å². The molecule has 0 aromatic heterocycles. The van der Waals surface area contributed by atoms with Crippen molar-refractivity contribution in [2.45, 2.75) is 57.7 Å². The van der Waals surface area contributed by atoms with E-state index in [0.29, 0.717) is 11.5 Å². The van der Waals surface area contributed by atoms with Crippen LogP contribution in [0.5, 0.6) is 0 Å². The van der Waals surface area contributed by atoms with Gasteiger partial charge in [0.15, 0.2) is 0 Å². The molecule has 31 heavy (non-hydrogen) atoms. The Labute approximate surface area is 192 Å². The van der Waals surface area contributed by atoms with Gasteiger partial charge in [-0.1, -0.05) is 67.6 Å². The Hall–Kier alpha value is -1.02. The molecule has 0 aliphatic heterocycles. The lowest BCUT2D eigenvalue weighted by Gasteiger charge is -2.72. The quantitative estimate of drug-likeness (QED) is 0.546. The van der Waals surface area contributed by atoms with Gasteiger partial charge in [-0.25, -0.2) is 8.93 Å². The molecule has 3 saturated carbocycles. The van der Waals surface area contributed by atoms with E-state index in [1.807, 2.05) is 0 Å². The maximum Gasteiger partial charge on any atom is 0.0944 e. The molecule has 2 aromatic carbocycles. The molecular formula is C27H36NOPS. The monoisotopic (exact) mass is 453 g/mol. The molecule has 3 aliphatic rings. The molecule has 0 radical (unpaired) electrons. The van der Waals surface area contributed by atoms with Crippen molar-refractivity contribution in [1.29, 1.82) is 0 Å². The second kappa shape index (κ2) is 8.73. The Morgan fingerprint density at radius 3 is 2.13 bits per heavy atom. The van der Waals surface area contributed by atoms with Gasteiger partial charge in [-0.3, -0.25) is 0 Å². The van der Waals surface area contributed by atoms with E-state index in [4.69, 9.17) is 0 Å². The molecule has 0 amide bonds. The van der Waals surface area contributed by atoms with Gasteiger partial charge in [0.25, 0.3) is 0 Å². The number of benzene rings is 2. The molecule has 3 fully saturated rings. The SMILES string of the molecule is CC1CC2CC3CC([C@@H](CP(c4ccccc4)c4ccccc4)N[S@@](=O)C(C)C)(C1)C23. The maximum atomic E-state index is 13.1. The molecule has 7 atom stereocenters. The molecule has 0 saturated heterocycles. The van der Waals surface area contributed by atoms with Gasteiger partial charge in [0, 0.05) is 11.3 Å². The molecule has 4 heteroatoms. The molecule has 5 rings (SSSR count). The Kier molecular flexibility index (Phi) is 6.14. The van der Waals surface area contributed by atoms with E-state index in [1.165, 1.54) is 36.3 Å². The Morgan fingerprint density at radius 2 is 1.58 bits per heavy atom. The Balaban J connectivity index is 1.51. The van der Waals surface area contributed by atoms with E-state index in [9.17, 15) is 4.21 Å². The largest absolute Gasteiger partial charge is 0.243 e. The van der Waals surface area contributed by atoms with Crippen molar-refractivity contribution in [2.24, 2.45) is 29.1 Å². The highest BCUT2D eigenvalue weighted by Crippen LogP contribution is 2.72. The van der Waals surface area contributed by atoms with Gasteiger partial charge >= 0.3 is 0 Å². The van der Waals surface area contributed by atoms with Crippen LogP contribution in [0.3, 0.4) is 0 Å². The summed E-state index contributed by atoms with van der Waals surface area (Å²) < 4.78 is 16.8. The summed E-state index contributed by atoms with van der Waals surface area (Å²) in [4.78, 5) is 0. The Morgan fingerprint density at radius 1 is 0.968 bits per heavy atom. The lowest BCUT2D eigenvalue weighted by Crippen LogP contribution is -2.70. The third-order valence-corrected chi connectivity index (χ3v) is 12.2. The number of hydrogen-bond acceptors (Lipinski definition) is 1. The van der Waals surface area contributed by atoms with Crippen LogP contribution in [0.15, 0.2) is 60.7 Å². The molecule has 3 aliphatic carbocycles. The standard InChI is InChI=1S/C27H36NOPS/c1-19(2)31(29)28-25(27-16-20(3)14-21-15-22(17-27)26(21)27)18-30(23-10-6-4-7-11-23)24-12-8-5-9-13-24/h4-13,19-22,25-26,28H,14-18H2,1-3H3/t20?,21?,22?,25-,26?,27?,31+/m1/s1. The Bertz CT molecular complexity index is 880. The smallest absolute Gasteiger partial charge is 0.0944 e. The van der Waals surface area contributed by atoms with Gasteiger partial charge in [0.2, 0.25) is 0 Å². The second-order valence-corrected chi connectivity index (χ2v) is 14.6. The highest BCUT2D eigenvalue weighted by molar-refractivity contribution is 7.83. The van der Waals surface area contributed by atoms with Crippen LogP contribution < -0.4 is 15.3 Å². The van der Waals surface area contributed by atoms with E-state index in [-0.39, 0.29) is 5.25 Å². The average Bonchev–Trinajstić information content (AvgIpc) is 2.74. The highest BCUT2D eigenvalue weighted by Gasteiger charge is 2.67. The fraction of sp³-hybridized carbons (Fsp3) is 0.556. The molecule has 2 aromatic rings. The van der Waals surface area contributed by atoms with E-state index in [2.05, 4.69) is 86.2 Å². The summed E-state index contributed by atoms with van der Waals surface area (Å²) >= 11 is 0. The van der Waals surface area contributed by atoms with Crippen LogP contribution in [0.1, 0.15) is 46.5 Å². The van der Waals surface area contributed by atoms with E-state index in [1.54, 1.807) is 0 Å².